The van der Waals surface area contributed by atoms with E-state index in [0.717, 1.165) is 11.3 Å². The third kappa shape index (κ3) is 3.07. The molecule has 2 aromatic carbocycles. The van der Waals surface area contributed by atoms with Gasteiger partial charge in [0.2, 0.25) is 5.91 Å². The molecule has 27 heavy (non-hydrogen) atoms. The van der Waals surface area contributed by atoms with Crippen LogP contribution in [-0.2, 0) is 4.79 Å². The number of amides is 1. The SMILES string of the molecule is COc1cc([N+](=O)[O-])ccc1NC(=O)C1NNC2c3ccccc3OCC12. The number of nitrogens with zero attached hydrogens (tertiary/aromatic N) is 1. The fraction of sp³-hybridized carbons (Fsp3) is 0.278. The Morgan fingerprint density at radius 3 is 2.89 bits per heavy atom. The van der Waals surface area contributed by atoms with Gasteiger partial charge in [-0.1, -0.05) is 18.2 Å². The van der Waals surface area contributed by atoms with Crippen molar-refractivity contribution >= 4 is 17.3 Å². The number of hydrogen-bond donors (Lipinski definition) is 3. The van der Waals surface area contributed by atoms with Crippen LogP contribution in [-0.4, -0.2) is 30.6 Å². The van der Waals surface area contributed by atoms with E-state index in [4.69, 9.17) is 9.47 Å². The summed E-state index contributed by atoms with van der Waals surface area (Å²) in [6, 6.07) is 11.2. The zero-order valence-corrected chi connectivity index (χ0v) is 14.5. The number of para-hydroxylation sites is 1. The second kappa shape index (κ2) is 6.86. The Kier molecular flexibility index (Phi) is 4.38. The Bertz CT molecular complexity index is 903. The molecule has 0 radical (unpaired) electrons. The normalized spacial score (nSPS) is 22.9. The molecule has 1 amide bonds. The van der Waals surface area contributed by atoms with Crippen LogP contribution in [0.5, 0.6) is 11.5 Å². The Morgan fingerprint density at radius 1 is 1.30 bits per heavy atom. The molecule has 0 aromatic heterocycles. The van der Waals surface area contributed by atoms with Crippen LogP contribution in [0.2, 0.25) is 0 Å². The van der Waals surface area contributed by atoms with E-state index in [2.05, 4.69) is 16.2 Å². The van der Waals surface area contributed by atoms with Gasteiger partial charge in [-0.2, -0.15) is 0 Å². The van der Waals surface area contributed by atoms with Crippen molar-refractivity contribution in [3.8, 4) is 11.5 Å². The summed E-state index contributed by atoms with van der Waals surface area (Å²) in [6.45, 7) is 0.400. The molecular formula is C18H18N4O5. The number of non-ortho nitro benzene ring substituents is 1. The number of carbonyl (C=O) groups excluding carboxylic acids is 1. The Balaban J connectivity index is 1.53. The summed E-state index contributed by atoms with van der Waals surface area (Å²) in [4.78, 5) is 23.2. The number of nitro groups is 1. The smallest absolute Gasteiger partial charge is 0.273 e. The van der Waals surface area contributed by atoms with E-state index in [1.807, 2.05) is 24.3 Å². The number of benzene rings is 2. The Hall–Kier alpha value is -3.17. The van der Waals surface area contributed by atoms with Gasteiger partial charge in [-0.15, -0.1) is 0 Å². The summed E-state index contributed by atoms with van der Waals surface area (Å²) >= 11 is 0. The third-order valence-corrected chi connectivity index (χ3v) is 4.87. The molecule has 2 heterocycles. The van der Waals surface area contributed by atoms with Crippen LogP contribution in [0, 0.1) is 16.0 Å². The molecule has 3 N–H and O–H groups in total. The van der Waals surface area contributed by atoms with Crippen LogP contribution in [0.25, 0.3) is 0 Å². The molecule has 140 valence electrons. The highest BCUT2D eigenvalue weighted by molar-refractivity contribution is 5.96. The lowest BCUT2D eigenvalue weighted by Gasteiger charge is -2.29. The van der Waals surface area contributed by atoms with E-state index >= 15 is 0 Å². The monoisotopic (exact) mass is 370 g/mol. The van der Waals surface area contributed by atoms with Crippen molar-refractivity contribution in [3.63, 3.8) is 0 Å². The molecular weight excluding hydrogens is 352 g/mol. The number of ether oxygens (including phenoxy) is 2. The lowest BCUT2D eigenvalue weighted by atomic mass is 9.87. The molecule has 0 aliphatic carbocycles. The van der Waals surface area contributed by atoms with E-state index in [1.54, 1.807) is 0 Å². The number of nitro benzene ring substituents is 1. The maximum Gasteiger partial charge on any atom is 0.273 e. The van der Waals surface area contributed by atoms with Crippen LogP contribution >= 0.6 is 0 Å². The van der Waals surface area contributed by atoms with Crippen molar-refractivity contribution < 1.29 is 19.2 Å². The van der Waals surface area contributed by atoms with Crippen LogP contribution in [0.1, 0.15) is 11.6 Å². The molecule has 1 saturated heterocycles. The number of hydrogen-bond acceptors (Lipinski definition) is 7. The molecule has 2 aliphatic heterocycles. The minimum Gasteiger partial charge on any atom is -0.494 e. The minimum atomic E-state index is -0.525. The first-order valence-corrected chi connectivity index (χ1v) is 8.44. The molecule has 4 rings (SSSR count). The number of nitrogens with one attached hydrogen (secondary N) is 3. The molecule has 9 heteroatoms. The van der Waals surface area contributed by atoms with Gasteiger partial charge >= 0.3 is 0 Å². The average molecular weight is 370 g/mol. The predicted octanol–water partition coefficient (Wildman–Crippen LogP) is 1.77. The van der Waals surface area contributed by atoms with E-state index in [-0.39, 0.29) is 29.3 Å². The second-order valence-corrected chi connectivity index (χ2v) is 6.39. The number of fused-ring (bicyclic) bond motifs is 3. The van der Waals surface area contributed by atoms with Crippen molar-refractivity contribution in [1.29, 1.82) is 0 Å². The van der Waals surface area contributed by atoms with Gasteiger partial charge in [0.25, 0.3) is 5.69 Å². The van der Waals surface area contributed by atoms with E-state index in [0.29, 0.717) is 12.3 Å². The van der Waals surface area contributed by atoms with Gasteiger partial charge in [-0.3, -0.25) is 14.9 Å². The first-order valence-electron chi connectivity index (χ1n) is 8.44. The number of carbonyl (C=O) groups is 1. The lowest BCUT2D eigenvalue weighted by Crippen LogP contribution is -2.43. The summed E-state index contributed by atoms with van der Waals surface area (Å²) in [7, 11) is 1.39. The average Bonchev–Trinajstić information content (AvgIpc) is 3.12. The molecule has 2 aromatic rings. The van der Waals surface area contributed by atoms with Crippen molar-refractivity contribution in [2.24, 2.45) is 5.92 Å². The molecule has 0 bridgehead atoms. The highest BCUT2D eigenvalue weighted by Crippen LogP contribution is 2.39. The van der Waals surface area contributed by atoms with Crippen molar-refractivity contribution in [2.45, 2.75) is 12.1 Å². The van der Waals surface area contributed by atoms with Gasteiger partial charge < -0.3 is 14.8 Å². The fourth-order valence-corrected chi connectivity index (χ4v) is 3.51. The van der Waals surface area contributed by atoms with E-state index < -0.39 is 11.0 Å². The molecule has 1 fully saturated rings. The van der Waals surface area contributed by atoms with E-state index in [9.17, 15) is 14.9 Å². The van der Waals surface area contributed by atoms with Gasteiger partial charge in [-0.25, -0.2) is 10.9 Å². The zero-order chi connectivity index (χ0) is 19.0. The van der Waals surface area contributed by atoms with Crippen LogP contribution < -0.4 is 25.6 Å². The molecule has 0 spiro atoms. The summed E-state index contributed by atoms with van der Waals surface area (Å²) in [5, 5.41) is 13.7. The first-order chi connectivity index (χ1) is 13.1. The fourth-order valence-electron chi connectivity index (χ4n) is 3.51. The largest absolute Gasteiger partial charge is 0.494 e. The second-order valence-electron chi connectivity index (χ2n) is 6.39. The van der Waals surface area contributed by atoms with Crippen LogP contribution in [0.4, 0.5) is 11.4 Å². The van der Waals surface area contributed by atoms with Crippen molar-refractivity contribution in [3.05, 3.63) is 58.1 Å². The van der Waals surface area contributed by atoms with Gasteiger partial charge in [0.1, 0.15) is 17.5 Å². The standard InChI is InChI=1S/C18H18N4O5/c1-26-15-8-10(22(24)25)6-7-13(15)19-18(23)17-12-9-27-14-5-3-2-4-11(14)16(12)20-21-17/h2-8,12,16-17,20-21H,9H2,1H3,(H,19,23). The third-order valence-electron chi connectivity index (χ3n) is 4.87. The first kappa shape index (κ1) is 17.3. The minimum absolute atomic E-state index is 0.0375. The summed E-state index contributed by atoms with van der Waals surface area (Å²) in [5.41, 5.74) is 7.47. The van der Waals surface area contributed by atoms with Gasteiger partial charge in [0.15, 0.2) is 0 Å². The highest BCUT2D eigenvalue weighted by Gasteiger charge is 2.44. The quantitative estimate of drug-likeness (QED) is 0.555. The molecule has 3 atom stereocenters. The number of rotatable bonds is 4. The van der Waals surface area contributed by atoms with E-state index in [1.165, 1.54) is 25.3 Å². The van der Waals surface area contributed by atoms with Crippen LogP contribution in [0.15, 0.2) is 42.5 Å². The van der Waals surface area contributed by atoms with Crippen molar-refractivity contribution in [2.75, 3.05) is 19.0 Å². The van der Waals surface area contributed by atoms with Crippen molar-refractivity contribution in [1.82, 2.24) is 10.9 Å². The maximum atomic E-state index is 12.8. The topological polar surface area (TPSA) is 115 Å². The lowest BCUT2D eigenvalue weighted by molar-refractivity contribution is -0.384. The highest BCUT2D eigenvalue weighted by atomic mass is 16.6. The Morgan fingerprint density at radius 2 is 2.11 bits per heavy atom. The van der Waals surface area contributed by atoms with Gasteiger partial charge in [0, 0.05) is 17.5 Å². The molecule has 9 nitrogen and oxygen atoms in total. The maximum absolute atomic E-state index is 12.8. The van der Waals surface area contributed by atoms with Gasteiger partial charge in [0.05, 0.1) is 36.4 Å². The molecule has 2 aliphatic rings. The zero-order valence-electron chi connectivity index (χ0n) is 14.5. The number of methoxy groups -OCH3 is 1. The number of hydrazine groups is 1. The molecule has 0 saturated carbocycles. The summed E-state index contributed by atoms with van der Waals surface area (Å²) in [6.07, 6.45) is 0. The summed E-state index contributed by atoms with van der Waals surface area (Å²) < 4.78 is 11.0. The summed E-state index contributed by atoms with van der Waals surface area (Å²) in [5.74, 6) is 0.672. The number of anilines is 1. The predicted molar refractivity (Wildman–Crippen MR) is 96.5 cm³/mol. The van der Waals surface area contributed by atoms with Crippen LogP contribution in [0.3, 0.4) is 0 Å². The molecule has 3 unspecified atom stereocenters. The van der Waals surface area contributed by atoms with Gasteiger partial charge in [-0.05, 0) is 12.1 Å². The Labute approximate surface area is 154 Å².